The SMILES string of the molecule is CC[C@H](C)COc1ccc(/C=N/N(c2ccccc2)c2ccccc2)cc1. The van der Waals surface area contributed by atoms with Gasteiger partial charge in [-0.1, -0.05) is 56.7 Å². The van der Waals surface area contributed by atoms with Gasteiger partial charge in [0.15, 0.2) is 0 Å². The highest BCUT2D eigenvalue weighted by Crippen LogP contribution is 2.25. The van der Waals surface area contributed by atoms with Crippen LogP contribution in [-0.4, -0.2) is 12.8 Å². The summed E-state index contributed by atoms with van der Waals surface area (Å²) < 4.78 is 5.82. The van der Waals surface area contributed by atoms with E-state index in [1.54, 1.807) is 0 Å². The first kappa shape index (κ1) is 18.7. The third-order valence-corrected chi connectivity index (χ3v) is 4.44. The summed E-state index contributed by atoms with van der Waals surface area (Å²) in [6.45, 7) is 5.13. The zero-order valence-electron chi connectivity index (χ0n) is 16.0. The molecule has 0 unspecified atom stereocenters. The number of hydrogen-bond acceptors (Lipinski definition) is 3. The molecule has 0 saturated carbocycles. The molecule has 1 atom stereocenters. The van der Waals surface area contributed by atoms with Crippen LogP contribution in [0.25, 0.3) is 0 Å². The summed E-state index contributed by atoms with van der Waals surface area (Å²) in [6, 6.07) is 28.4. The van der Waals surface area contributed by atoms with Crippen molar-refractivity contribution >= 4 is 17.6 Å². The first-order valence-electron chi connectivity index (χ1n) is 9.43. The van der Waals surface area contributed by atoms with Gasteiger partial charge in [0.2, 0.25) is 0 Å². The van der Waals surface area contributed by atoms with Crippen molar-refractivity contribution in [3.05, 3.63) is 90.5 Å². The van der Waals surface area contributed by atoms with E-state index in [9.17, 15) is 0 Å². The van der Waals surface area contributed by atoms with Crippen LogP contribution in [-0.2, 0) is 0 Å². The predicted molar refractivity (Wildman–Crippen MR) is 114 cm³/mol. The monoisotopic (exact) mass is 358 g/mol. The molecule has 0 aliphatic rings. The molecule has 3 aromatic rings. The lowest BCUT2D eigenvalue weighted by Crippen LogP contribution is -2.09. The van der Waals surface area contributed by atoms with E-state index in [1.807, 2.05) is 71.9 Å². The third-order valence-electron chi connectivity index (χ3n) is 4.44. The molecule has 0 N–H and O–H groups in total. The number of anilines is 2. The minimum absolute atomic E-state index is 0.566. The highest BCUT2D eigenvalue weighted by atomic mass is 16.5. The maximum atomic E-state index is 5.82. The van der Waals surface area contributed by atoms with Crippen molar-refractivity contribution in [1.29, 1.82) is 0 Å². The summed E-state index contributed by atoms with van der Waals surface area (Å²) in [5.74, 6) is 1.46. The van der Waals surface area contributed by atoms with Gasteiger partial charge < -0.3 is 4.74 Å². The summed E-state index contributed by atoms with van der Waals surface area (Å²) in [5.41, 5.74) is 3.07. The third kappa shape index (κ3) is 5.45. The van der Waals surface area contributed by atoms with E-state index in [0.29, 0.717) is 5.92 Å². The van der Waals surface area contributed by atoms with Crippen LogP contribution >= 0.6 is 0 Å². The zero-order chi connectivity index (χ0) is 18.9. The van der Waals surface area contributed by atoms with E-state index in [0.717, 1.165) is 35.7 Å². The molecule has 0 aliphatic carbocycles. The Bertz CT molecular complexity index is 790. The highest BCUT2D eigenvalue weighted by molar-refractivity contribution is 5.81. The normalized spacial score (nSPS) is 12.1. The molecule has 3 nitrogen and oxygen atoms in total. The maximum absolute atomic E-state index is 5.82. The Morgan fingerprint density at radius 1 is 0.852 bits per heavy atom. The number of nitrogens with zero attached hydrogens (tertiary/aromatic N) is 2. The van der Waals surface area contributed by atoms with Gasteiger partial charge in [-0.2, -0.15) is 5.10 Å². The lowest BCUT2D eigenvalue weighted by Gasteiger charge is -2.19. The second-order valence-corrected chi connectivity index (χ2v) is 6.62. The Morgan fingerprint density at radius 3 is 1.93 bits per heavy atom. The fourth-order valence-corrected chi connectivity index (χ4v) is 2.55. The topological polar surface area (TPSA) is 24.8 Å². The van der Waals surface area contributed by atoms with Crippen molar-refractivity contribution in [2.75, 3.05) is 11.6 Å². The molecule has 0 spiro atoms. The first-order chi connectivity index (χ1) is 13.3. The Hall–Kier alpha value is -3.07. The van der Waals surface area contributed by atoms with Crippen molar-refractivity contribution in [2.45, 2.75) is 20.3 Å². The average molecular weight is 358 g/mol. The van der Waals surface area contributed by atoms with Crippen molar-refractivity contribution in [2.24, 2.45) is 11.0 Å². The second kappa shape index (κ2) is 9.58. The van der Waals surface area contributed by atoms with Crippen molar-refractivity contribution in [1.82, 2.24) is 0 Å². The van der Waals surface area contributed by atoms with E-state index in [2.05, 4.69) is 38.1 Å². The van der Waals surface area contributed by atoms with Gasteiger partial charge in [0, 0.05) is 0 Å². The Labute approximate surface area is 161 Å². The average Bonchev–Trinajstić information content (AvgIpc) is 2.74. The van der Waals surface area contributed by atoms with Gasteiger partial charge in [0.05, 0.1) is 24.2 Å². The first-order valence-corrected chi connectivity index (χ1v) is 9.43. The summed E-state index contributed by atoms with van der Waals surface area (Å²) in [4.78, 5) is 0. The van der Waals surface area contributed by atoms with Crippen LogP contribution in [0.5, 0.6) is 5.75 Å². The van der Waals surface area contributed by atoms with Crippen LogP contribution in [0, 0.1) is 5.92 Å². The molecule has 138 valence electrons. The number of hydrazone groups is 1. The fourth-order valence-electron chi connectivity index (χ4n) is 2.55. The van der Waals surface area contributed by atoms with Crippen LogP contribution in [0.1, 0.15) is 25.8 Å². The Balaban J connectivity index is 1.75. The Kier molecular flexibility index (Phi) is 6.64. The van der Waals surface area contributed by atoms with Crippen molar-refractivity contribution < 1.29 is 4.74 Å². The van der Waals surface area contributed by atoms with Gasteiger partial charge in [0.1, 0.15) is 5.75 Å². The smallest absolute Gasteiger partial charge is 0.119 e. The largest absolute Gasteiger partial charge is 0.493 e. The molecular formula is C24H26N2O. The highest BCUT2D eigenvalue weighted by Gasteiger charge is 2.06. The van der Waals surface area contributed by atoms with Crippen molar-refractivity contribution in [3.8, 4) is 5.75 Å². The molecule has 0 saturated heterocycles. The minimum Gasteiger partial charge on any atom is -0.493 e. The van der Waals surface area contributed by atoms with E-state index in [4.69, 9.17) is 9.84 Å². The molecule has 0 aromatic heterocycles. The lowest BCUT2D eigenvalue weighted by atomic mass is 10.1. The van der Waals surface area contributed by atoms with Crippen molar-refractivity contribution in [3.63, 3.8) is 0 Å². The summed E-state index contributed by atoms with van der Waals surface area (Å²) in [6.07, 6.45) is 3.00. The molecule has 0 heterocycles. The van der Waals surface area contributed by atoms with Crippen LogP contribution in [0.4, 0.5) is 11.4 Å². The van der Waals surface area contributed by atoms with E-state index >= 15 is 0 Å². The van der Waals surface area contributed by atoms with Crippen LogP contribution < -0.4 is 9.75 Å². The number of ether oxygens (including phenoxy) is 1. The predicted octanol–water partition coefficient (Wildman–Crippen LogP) is 6.28. The number of rotatable bonds is 8. The summed E-state index contributed by atoms with van der Waals surface area (Å²) in [7, 11) is 0. The van der Waals surface area contributed by atoms with Crippen LogP contribution in [0.3, 0.4) is 0 Å². The molecule has 27 heavy (non-hydrogen) atoms. The van der Waals surface area contributed by atoms with Crippen LogP contribution in [0.15, 0.2) is 90.0 Å². The molecule has 3 aromatic carbocycles. The molecule has 0 amide bonds. The van der Waals surface area contributed by atoms with E-state index in [1.165, 1.54) is 0 Å². The minimum atomic E-state index is 0.566. The van der Waals surface area contributed by atoms with Crippen LogP contribution in [0.2, 0.25) is 0 Å². The maximum Gasteiger partial charge on any atom is 0.119 e. The molecule has 0 fully saturated rings. The lowest BCUT2D eigenvalue weighted by molar-refractivity contribution is 0.256. The van der Waals surface area contributed by atoms with Gasteiger partial charge in [-0.15, -0.1) is 0 Å². The Morgan fingerprint density at radius 2 is 1.41 bits per heavy atom. The van der Waals surface area contributed by atoms with E-state index in [-0.39, 0.29) is 0 Å². The van der Waals surface area contributed by atoms with Gasteiger partial charge in [0.25, 0.3) is 0 Å². The number of para-hydroxylation sites is 2. The van der Waals surface area contributed by atoms with Gasteiger partial charge in [-0.3, -0.25) is 0 Å². The molecule has 0 radical (unpaired) electrons. The number of hydrogen-bond donors (Lipinski definition) is 0. The molecule has 3 heteroatoms. The summed E-state index contributed by atoms with van der Waals surface area (Å²) >= 11 is 0. The number of benzene rings is 3. The fraction of sp³-hybridized carbons (Fsp3) is 0.208. The molecular weight excluding hydrogens is 332 g/mol. The van der Waals surface area contributed by atoms with E-state index < -0.39 is 0 Å². The second-order valence-electron chi connectivity index (χ2n) is 6.62. The molecule has 0 aliphatic heterocycles. The van der Waals surface area contributed by atoms with Gasteiger partial charge in [-0.25, -0.2) is 5.01 Å². The summed E-state index contributed by atoms with van der Waals surface area (Å²) in [5, 5.41) is 6.66. The quantitative estimate of drug-likeness (QED) is 0.349. The van der Waals surface area contributed by atoms with Gasteiger partial charge >= 0.3 is 0 Å². The zero-order valence-corrected chi connectivity index (χ0v) is 16.0. The molecule has 0 bridgehead atoms. The molecule has 3 rings (SSSR count). The van der Waals surface area contributed by atoms with Gasteiger partial charge in [-0.05, 0) is 60.0 Å². The standard InChI is InChI=1S/C24H26N2O/c1-3-20(2)19-27-24-16-14-21(15-17-24)18-25-26(22-10-6-4-7-11-22)23-12-8-5-9-13-23/h4-18,20H,3,19H2,1-2H3/b25-18+/t20-/m0/s1.